The van der Waals surface area contributed by atoms with Crippen molar-refractivity contribution in [3.05, 3.63) is 71.4 Å². The lowest BCUT2D eigenvalue weighted by Gasteiger charge is -2.30. The predicted molar refractivity (Wildman–Crippen MR) is 154 cm³/mol. The van der Waals surface area contributed by atoms with Crippen molar-refractivity contribution in [1.29, 1.82) is 0 Å². The summed E-state index contributed by atoms with van der Waals surface area (Å²) in [6.07, 6.45) is 0.401. The van der Waals surface area contributed by atoms with Crippen LogP contribution in [-0.4, -0.2) is 63.2 Å². The number of pyridine rings is 1. The van der Waals surface area contributed by atoms with Crippen molar-refractivity contribution in [2.75, 3.05) is 34.0 Å². The molecule has 0 radical (unpaired) electrons. The first-order chi connectivity index (χ1) is 18.7. The van der Waals surface area contributed by atoms with Crippen molar-refractivity contribution in [3.63, 3.8) is 0 Å². The number of nitrogens with zero attached hydrogens (tertiary/aromatic N) is 2. The third-order valence-corrected chi connectivity index (χ3v) is 8.51. The van der Waals surface area contributed by atoms with Crippen LogP contribution in [0.5, 0.6) is 5.75 Å². The van der Waals surface area contributed by atoms with E-state index in [0.717, 1.165) is 33.6 Å². The molecule has 0 aliphatic carbocycles. The molecule has 0 saturated carbocycles. The second kappa shape index (κ2) is 12.4. The van der Waals surface area contributed by atoms with E-state index < -0.39 is 15.7 Å². The molecule has 39 heavy (non-hydrogen) atoms. The number of rotatable bonds is 10. The fraction of sp³-hybridized carbons (Fsp3) is 0.400. The molecular weight excluding hydrogens is 514 g/mol. The monoisotopic (exact) mass is 551 g/mol. The lowest BCUT2D eigenvalue weighted by molar-refractivity contribution is 0.0932. The molecule has 208 valence electrons. The number of aliphatic hydroxyl groups is 1. The van der Waals surface area contributed by atoms with E-state index in [1.165, 1.54) is 0 Å². The van der Waals surface area contributed by atoms with Gasteiger partial charge in [0.05, 0.1) is 30.2 Å². The van der Waals surface area contributed by atoms with Gasteiger partial charge in [-0.05, 0) is 68.1 Å². The number of nitrogens with one attached hydrogen (secondary N) is 1. The molecule has 0 fully saturated rings. The maximum Gasteiger partial charge on any atom is 0.269 e. The smallest absolute Gasteiger partial charge is 0.269 e. The minimum Gasteiger partial charge on any atom is -0.497 e. The van der Waals surface area contributed by atoms with E-state index in [0.29, 0.717) is 31.8 Å². The Kier molecular flexibility index (Phi) is 9.17. The number of fused-ring (bicyclic) bond motifs is 1. The van der Waals surface area contributed by atoms with Crippen LogP contribution in [0.2, 0.25) is 0 Å². The molecule has 1 unspecified atom stereocenters. The quantitative estimate of drug-likeness (QED) is 0.360. The van der Waals surface area contributed by atoms with Crippen LogP contribution >= 0.6 is 0 Å². The van der Waals surface area contributed by atoms with E-state index in [1.54, 1.807) is 20.3 Å². The fourth-order valence-electron chi connectivity index (χ4n) is 4.81. The number of aliphatic hydroxyl groups excluding tert-OH is 1. The van der Waals surface area contributed by atoms with Gasteiger partial charge in [0.1, 0.15) is 22.4 Å². The molecule has 0 spiro atoms. The van der Waals surface area contributed by atoms with E-state index in [2.05, 4.69) is 5.32 Å². The van der Waals surface area contributed by atoms with E-state index in [-0.39, 0.29) is 24.2 Å². The van der Waals surface area contributed by atoms with Gasteiger partial charge in [-0.25, -0.2) is 13.5 Å². The van der Waals surface area contributed by atoms with Gasteiger partial charge in [-0.1, -0.05) is 30.3 Å². The number of carbonyl (C=O) groups is 1. The zero-order chi connectivity index (χ0) is 28.2. The molecule has 0 saturated heterocycles. The molecule has 8 nitrogen and oxygen atoms in total. The van der Waals surface area contributed by atoms with Gasteiger partial charge < -0.3 is 19.9 Å². The first-order valence-corrected chi connectivity index (χ1v) is 14.1. The average Bonchev–Trinajstić information content (AvgIpc) is 3.30. The molecule has 9 heteroatoms. The molecule has 2 N–H and O–H groups in total. The van der Waals surface area contributed by atoms with Crippen LogP contribution in [0.4, 0.5) is 0 Å². The molecule has 1 aliphatic heterocycles. The van der Waals surface area contributed by atoms with Gasteiger partial charge in [0, 0.05) is 37.9 Å². The molecule has 1 aliphatic rings. The van der Waals surface area contributed by atoms with E-state index in [1.807, 2.05) is 73.6 Å². The summed E-state index contributed by atoms with van der Waals surface area (Å²) in [5.41, 5.74) is 5.54. The van der Waals surface area contributed by atoms with Crippen molar-refractivity contribution in [3.8, 4) is 28.1 Å². The van der Waals surface area contributed by atoms with Crippen molar-refractivity contribution < 1.29 is 23.6 Å². The maximum atomic E-state index is 13.6. The average molecular weight is 552 g/mol. The van der Waals surface area contributed by atoms with Gasteiger partial charge in [0.15, 0.2) is 0 Å². The Morgan fingerprint density at radius 3 is 2.46 bits per heavy atom. The number of ether oxygens (including phenoxy) is 2. The maximum absolute atomic E-state index is 13.6. The molecule has 1 aromatic heterocycles. The van der Waals surface area contributed by atoms with Crippen molar-refractivity contribution >= 4 is 16.9 Å². The summed E-state index contributed by atoms with van der Waals surface area (Å²) >= 11 is 0. The van der Waals surface area contributed by atoms with Crippen LogP contribution in [-0.2, 0) is 22.3 Å². The molecule has 3 aromatic rings. The second-order valence-electron chi connectivity index (χ2n) is 10.5. The van der Waals surface area contributed by atoms with Crippen molar-refractivity contribution in [2.24, 2.45) is 0 Å². The highest BCUT2D eigenvalue weighted by Crippen LogP contribution is 2.44. The van der Waals surface area contributed by atoms with Crippen LogP contribution in [0.1, 0.15) is 54.8 Å². The number of methoxy groups -OCH3 is 2. The summed E-state index contributed by atoms with van der Waals surface area (Å²) in [4.78, 5) is 18.0. The number of aromatic nitrogens is 1. The zero-order valence-electron chi connectivity index (χ0n) is 23.2. The van der Waals surface area contributed by atoms with Crippen molar-refractivity contribution in [1.82, 2.24) is 14.6 Å². The Morgan fingerprint density at radius 2 is 1.79 bits per heavy atom. The number of carbonyl (C=O) groups excluding carboxylic acids is 1. The standard InChI is InChI=1S/C30H37N3O5S/c1-30(2,3)39(36)33-19-23-18-25(29(35)31-13-15-37-4)32-28(27(23)26(33)12-14-34)22-10-6-8-20(16-22)21-9-7-11-24(17-21)38-5/h6-11,16-18,26,34H,12-15,19H2,1-5H3,(H,31,35)/t26-,39?/m0/s1. The lowest BCUT2D eigenvalue weighted by atomic mass is 9.94. The second-order valence-corrected chi connectivity index (χ2v) is 12.6. The predicted octanol–water partition coefficient (Wildman–Crippen LogP) is 4.50. The summed E-state index contributed by atoms with van der Waals surface area (Å²) < 4.78 is 25.5. The number of amides is 1. The minimum atomic E-state index is -1.33. The summed E-state index contributed by atoms with van der Waals surface area (Å²) in [7, 11) is 1.89. The lowest BCUT2D eigenvalue weighted by Crippen LogP contribution is -2.36. The van der Waals surface area contributed by atoms with E-state index in [4.69, 9.17) is 14.5 Å². The molecule has 1 amide bonds. The molecule has 0 bridgehead atoms. The first-order valence-electron chi connectivity index (χ1n) is 13.0. The molecule has 2 aromatic carbocycles. The van der Waals surface area contributed by atoms with E-state index >= 15 is 0 Å². The summed E-state index contributed by atoms with van der Waals surface area (Å²) in [6, 6.07) is 17.3. The third-order valence-electron chi connectivity index (χ3n) is 6.65. The number of hydrogen-bond donors (Lipinski definition) is 2. The normalized spacial score (nSPS) is 16.1. The van der Waals surface area contributed by atoms with Gasteiger partial charge in [-0.2, -0.15) is 0 Å². The minimum absolute atomic E-state index is 0.0650. The molecule has 2 heterocycles. The largest absolute Gasteiger partial charge is 0.497 e. The Labute approximate surface area is 233 Å². The van der Waals surface area contributed by atoms with Crippen LogP contribution in [0.15, 0.2) is 54.6 Å². The highest BCUT2D eigenvalue weighted by molar-refractivity contribution is 7.84. The Bertz CT molecular complexity index is 1350. The summed E-state index contributed by atoms with van der Waals surface area (Å²) in [5.74, 6) is 0.462. The van der Waals surface area contributed by atoms with Gasteiger partial charge in [-0.3, -0.25) is 4.79 Å². The Hall–Kier alpha value is -3.11. The molecule has 4 rings (SSSR count). The topological polar surface area (TPSA) is 101 Å². The van der Waals surface area contributed by atoms with E-state index in [9.17, 15) is 14.1 Å². The third kappa shape index (κ3) is 6.38. The van der Waals surface area contributed by atoms with Crippen molar-refractivity contribution in [2.45, 2.75) is 44.5 Å². The fourth-order valence-corrected chi connectivity index (χ4v) is 6.21. The summed E-state index contributed by atoms with van der Waals surface area (Å²) in [5, 5.41) is 12.8. The van der Waals surface area contributed by atoms with Gasteiger partial charge in [0.2, 0.25) is 0 Å². The highest BCUT2D eigenvalue weighted by atomic mass is 32.2. The van der Waals surface area contributed by atoms with Crippen LogP contribution in [0, 0.1) is 0 Å². The Morgan fingerprint density at radius 1 is 1.10 bits per heavy atom. The van der Waals surface area contributed by atoms with Gasteiger partial charge in [0.25, 0.3) is 5.91 Å². The Balaban J connectivity index is 1.86. The number of benzene rings is 2. The van der Waals surface area contributed by atoms with Crippen LogP contribution in [0.25, 0.3) is 22.4 Å². The molecule has 2 atom stereocenters. The van der Waals surface area contributed by atoms with Gasteiger partial charge >= 0.3 is 0 Å². The van der Waals surface area contributed by atoms with Crippen LogP contribution in [0.3, 0.4) is 0 Å². The molecular formula is C30H37N3O5S. The zero-order valence-corrected chi connectivity index (χ0v) is 24.0. The highest BCUT2D eigenvalue weighted by Gasteiger charge is 2.40. The summed E-state index contributed by atoms with van der Waals surface area (Å²) in [6.45, 7) is 6.90. The SMILES string of the molecule is COCCNC(=O)c1cc2c(c(-c3cccc(-c4cccc(OC)c4)c3)n1)[C@H](CCO)N(S(=O)C(C)(C)C)C2. The number of hydrogen-bond acceptors (Lipinski definition) is 6. The first kappa shape index (κ1) is 28.9. The van der Waals surface area contributed by atoms with Gasteiger partial charge in [-0.15, -0.1) is 0 Å². The van der Waals surface area contributed by atoms with Crippen LogP contribution < -0.4 is 10.1 Å².